The predicted molar refractivity (Wildman–Crippen MR) is 110 cm³/mol. The van der Waals surface area contributed by atoms with E-state index in [0.717, 1.165) is 37.7 Å². The maximum absolute atomic E-state index is 13.1. The van der Waals surface area contributed by atoms with Gasteiger partial charge in [0, 0.05) is 24.5 Å². The van der Waals surface area contributed by atoms with Gasteiger partial charge in [0.1, 0.15) is 0 Å². The molecule has 0 radical (unpaired) electrons. The summed E-state index contributed by atoms with van der Waals surface area (Å²) in [5, 5.41) is 5.04. The highest BCUT2D eigenvalue weighted by Crippen LogP contribution is 2.34. The van der Waals surface area contributed by atoms with Crippen LogP contribution in [0, 0.1) is 0 Å². The van der Waals surface area contributed by atoms with Crippen molar-refractivity contribution < 1.29 is 22.8 Å². The van der Waals surface area contributed by atoms with Gasteiger partial charge in [0.25, 0.3) is 5.91 Å². The molecule has 3 rings (SSSR count). The number of alkyl halides is 3. The lowest BCUT2D eigenvalue weighted by Gasteiger charge is -2.29. The molecule has 30 heavy (non-hydrogen) atoms. The third-order valence-corrected chi connectivity index (χ3v) is 4.94. The molecule has 2 aromatic rings. The third-order valence-electron chi connectivity index (χ3n) is 4.94. The number of para-hydroxylation sites is 1. The summed E-state index contributed by atoms with van der Waals surface area (Å²) < 4.78 is 39.2. The molecule has 0 aliphatic carbocycles. The summed E-state index contributed by atoms with van der Waals surface area (Å²) >= 11 is 0. The number of rotatable bonds is 6. The highest BCUT2D eigenvalue weighted by Gasteiger charge is 2.33. The monoisotopic (exact) mass is 420 g/mol. The Balaban J connectivity index is 1.69. The van der Waals surface area contributed by atoms with E-state index in [9.17, 15) is 22.8 Å². The van der Waals surface area contributed by atoms with Gasteiger partial charge in [-0.15, -0.1) is 0 Å². The van der Waals surface area contributed by atoms with E-state index < -0.39 is 23.6 Å². The zero-order valence-electron chi connectivity index (χ0n) is 16.3. The largest absolute Gasteiger partial charge is 0.418 e. The van der Waals surface area contributed by atoms with E-state index >= 15 is 0 Å². The number of hydrogen-bond donors (Lipinski definition) is 3. The van der Waals surface area contributed by atoms with Gasteiger partial charge in [0.15, 0.2) is 0 Å². The number of benzene rings is 2. The minimum atomic E-state index is -4.58. The number of anilines is 3. The topological polar surface area (TPSA) is 87.5 Å². The van der Waals surface area contributed by atoms with Crippen molar-refractivity contribution in [3.8, 4) is 0 Å². The molecule has 6 nitrogen and oxygen atoms in total. The first-order chi connectivity index (χ1) is 14.3. The lowest BCUT2D eigenvalue weighted by molar-refractivity contribution is -0.137. The predicted octanol–water partition coefficient (Wildman–Crippen LogP) is 3.85. The maximum atomic E-state index is 13.1. The summed E-state index contributed by atoms with van der Waals surface area (Å²) in [6, 6.07) is 9.89. The second-order valence-electron chi connectivity index (χ2n) is 7.09. The number of carbonyl (C=O) groups excluding carboxylic acids is 2. The fourth-order valence-electron chi connectivity index (χ4n) is 3.45. The molecule has 0 atom stereocenters. The standard InChI is InChI=1S/C21H23F3N4O2/c22-21(23,24)16-6-2-3-7-18(16)27-19(29)13-26-17-9-8-14(12-15(17)20(25)30)28-10-4-1-5-11-28/h2-3,6-9,12,26H,1,4-5,10-11,13H2,(H2,25,30)(H,27,29). The van der Waals surface area contributed by atoms with Crippen molar-refractivity contribution in [2.45, 2.75) is 25.4 Å². The molecule has 0 bridgehead atoms. The fourth-order valence-corrected chi connectivity index (χ4v) is 3.45. The number of halogens is 3. The first-order valence-corrected chi connectivity index (χ1v) is 9.64. The molecular formula is C21H23F3N4O2. The van der Waals surface area contributed by atoms with E-state index in [-0.39, 0.29) is 17.8 Å². The first-order valence-electron chi connectivity index (χ1n) is 9.64. The fraction of sp³-hybridized carbons (Fsp3) is 0.333. The summed E-state index contributed by atoms with van der Waals surface area (Å²) in [5.41, 5.74) is 5.68. The summed E-state index contributed by atoms with van der Waals surface area (Å²) in [4.78, 5) is 26.2. The van der Waals surface area contributed by atoms with Crippen LogP contribution in [0.25, 0.3) is 0 Å². The lowest BCUT2D eigenvalue weighted by atomic mass is 10.1. The lowest BCUT2D eigenvalue weighted by Crippen LogP contribution is -2.30. The molecule has 1 saturated heterocycles. The number of amides is 2. The van der Waals surface area contributed by atoms with E-state index in [1.54, 1.807) is 12.1 Å². The molecule has 0 aromatic heterocycles. The van der Waals surface area contributed by atoms with Gasteiger partial charge in [0.2, 0.25) is 5.91 Å². The number of hydrogen-bond acceptors (Lipinski definition) is 4. The van der Waals surface area contributed by atoms with Crippen molar-refractivity contribution in [1.82, 2.24) is 0 Å². The Hall–Kier alpha value is -3.23. The molecule has 0 unspecified atom stereocenters. The van der Waals surface area contributed by atoms with Crippen LogP contribution >= 0.6 is 0 Å². The van der Waals surface area contributed by atoms with Crippen molar-refractivity contribution in [3.05, 3.63) is 53.6 Å². The average molecular weight is 420 g/mol. The van der Waals surface area contributed by atoms with Crippen LogP contribution in [-0.2, 0) is 11.0 Å². The third kappa shape index (κ3) is 5.22. The number of nitrogens with zero attached hydrogens (tertiary/aromatic N) is 1. The Labute approximate surface area is 172 Å². The van der Waals surface area contributed by atoms with Gasteiger partial charge in [-0.1, -0.05) is 12.1 Å². The van der Waals surface area contributed by atoms with Crippen molar-refractivity contribution >= 4 is 28.9 Å². The Morgan fingerprint density at radius 2 is 1.70 bits per heavy atom. The van der Waals surface area contributed by atoms with Crippen molar-refractivity contribution in [2.75, 3.05) is 35.2 Å². The Kier molecular flexibility index (Phi) is 6.49. The average Bonchev–Trinajstić information content (AvgIpc) is 2.72. The normalized spacial score (nSPS) is 14.3. The molecule has 2 aromatic carbocycles. The number of nitrogens with one attached hydrogen (secondary N) is 2. The summed E-state index contributed by atoms with van der Waals surface area (Å²) in [6.07, 6.45) is -1.26. The number of piperidine rings is 1. The summed E-state index contributed by atoms with van der Waals surface area (Å²) in [5.74, 6) is -1.33. The molecule has 2 amide bonds. The number of carbonyl (C=O) groups is 2. The van der Waals surface area contributed by atoms with Crippen LogP contribution < -0.4 is 21.3 Å². The van der Waals surface area contributed by atoms with Crippen molar-refractivity contribution in [1.29, 1.82) is 0 Å². The van der Waals surface area contributed by atoms with Gasteiger partial charge >= 0.3 is 6.18 Å². The van der Waals surface area contributed by atoms with Crippen LogP contribution in [0.1, 0.15) is 35.2 Å². The second-order valence-corrected chi connectivity index (χ2v) is 7.09. The Morgan fingerprint density at radius 3 is 2.37 bits per heavy atom. The molecule has 0 spiro atoms. The maximum Gasteiger partial charge on any atom is 0.418 e. The van der Waals surface area contributed by atoms with Crippen molar-refractivity contribution in [2.24, 2.45) is 5.73 Å². The van der Waals surface area contributed by atoms with Crippen LogP contribution in [0.3, 0.4) is 0 Å². The molecule has 0 saturated carbocycles. The van der Waals surface area contributed by atoms with Crippen LogP contribution in [0.4, 0.5) is 30.2 Å². The Bertz CT molecular complexity index is 925. The van der Waals surface area contributed by atoms with E-state index in [4.69, 9.17) is 5.73 Å². The number of nitrogens with two attached hydrogens (primary N) is 1. The van der Waals surface area contributed by atoms with E-state index in [2.05, 4.69) is 15.5 Å². The van der Waals surface area contributed by atoms with E-state index in [1.165, 1.54) is 24.6 Å². The molecule has 1 aliphatic rings. The minimum Gasteiger partial charge on any atom is -0.375 e. The molecule has 4 N–H and O–H groups in total. The van der Waals surface area contributed by atoms with Crippen molar-refractivity contribution in [3.63, 3.8) is 0 Å². The van der Waals surface area contributed by atoms with Crippen LogP contribution in [-0.4, -0.2) is 31.4 Å². The zero-order chi connectivity index (χ0) is 21.7. The molecular weight excluding hydrogens is 397 g/mol. The molecule has 1 aliphatic heterocycles. The van der Waals surface area contributed by atoms with Gasteiger partial charge in [-0.05, 0) is 49.6 Å². The summed E-state index contributed by atoms with van der Waals surface area (Å²) in [7, 11) is 0. The van der Waals surface area contributed by atoms with Gasteiger partial charge in [-0.25, -0.2) is 0 Å². The van der Waals surface area contributed by atoms with Gasteiger partial charge in [-0.3, -0.25) is 9.59 Å². The highest BCUT2D eigenvalue weighted by molar-refractivity contribution is 6.01. The molecule has 160 valence electrons. The summed E-state index contributed by atoms with van der Waals surface area (Å²) in [6.45, 7) is 1.47. The Morgan fingerprint density at radius 1 is 1.00 bits per heavy atom. The SMILES string of the molecule is NC(=O)c1cc(N2CCCCC2)ccc1NCC(=O)Nc1ccccc1C(F)(F)F. The van der Waals surface area contributed by atoms with Crippen LogP contribution in [0.5, 0.6) is 0 Å². The smallest absolute Gasteiger partial charge is 0.375 e. The van der Waals surface area contributed by atoms with Crippen LogP contribution in [0.15, 0.2) is 42.5 Å². The second kappa shape index (κ2) is 9.06. The number of primary amides is 1. The van der Waals surface area contributed by atoms with Gasteiger partial charge < -0.3 is 21.3 Å². The van der Waals surface area contributed by atoms with Crippen LogP contribution in [0.2, 0.25) is 0 Å². The zero-order valence-corrected chi connectivity index (χ0v) is 16.3. The molecule has 9 heteroatoms. The first kappa shape index (κ1) is 21.5. The van der Waals surface area contributed by atoms with Gasteiger partial charge in [-0.2, -0.15) is 13.2 Å². The highest BCUT2D eigenvalue weighted by atomic mass is 19.4. The molecule has 1 heterocycles. The van der Waals surface area contributed by atoms with E-state index in [0.29, 0.717) is 5.69 Å². The molecule has 1 fully saturated rings. The quantitative estimate of drug-likeness (QED) is 0.663. The van der Waals surface area contributed by atoms with Gasteiger partial charge in [0.05, 0.1) is 23.4 Å². The van der Waals surface area contributed by atoms with E-state index in [1.807, 2.05) is 6.07 Å². The minimum absolute atomic E-state index is 0.224.